The maximum absolute atomic E-state index is 12.2. The summed E-state index contributed by atoms with van der Waals surface area (Å²) in [5.74, 6) is 1.42. The Hall–Kier alpha value is -2.01. The van der Waals surface area contributed by atoms with E-state index in [-0.39, 0.29) is 12.3 Å². The Morgan fingerprint density at radius 3 is 2.86 bits per heavy atom. The summed E-state index contributed by atoms with van der Waals surface area (Å²) in [6.45, 7) is 7.37. The minimum Gasteiger partial charge on any atom is -0.361 e. The molecule has 1 heterocycles. The van der Waals surface area contributed by atoms with Crippen molar-refractivity contribution in [2.75, 3.05) is 11.1 Å². The van der Waals surface area contributed by atoms with Gasteiger partial charge in [-0.2, -0.15) is 0 Å². The van der Waals surface area contributed by atoms with Gasteiger partial charge in [0.15, 0.2) is 0 Å². The Labute approximate surface area is 128 Å². The second-order valence-corrected chi connectivity index (χ2v) is 5.69. The van der Waals surface area contributed by atoms with Gasteiger partial charge in [-0.05, 0) is 26.0 Å². The van der Waals surface area contributed by atoms with Crippen molar-refractivity contribution in [2.45, 2.75) is 25.2 Å². The Kier molecular flexibility index (Phi) is 5.22. The van der Waals surface area contributed by atoms with Crippen LogP contribution in [0.1, 0.15) is 17.0 Å². The molecule has 0 unspecified atom stereocenters. The molecule has 0 atom stereocenters. The molecule has 2 aromatic rings. The Morgan fingerprint density at radius 2 is 2.19 bits per heavy atom. The number of nitrogens with zero attached hydrogens (tertiary/aromatic N) is 1. The predicted octanol–water partition coefficient (Wildman–Crippen LogP) is 3.75. The van der Waals surface area contributed by atoms with Gasteiger partial charge in [-0.25, -0.2) is 0 Å². The number of aryl methyl sites for hydroxylation is 2. The smallest absolute Gasteiger partial charge is 0.229 e. The molecule has 0 aliphatic carbocycles. The van der Waals surface area contributed by atoms with E-state index in [1.54, 1.807) is 11.8 Å². The lowest BCUT2D eigenvalue weighted by Gasteiger charge is -2.10. The van der Waals surface area contributed by atoms with Crippen LogP contribution in [0.15, 0.2) is 46.3 Å². The number of nitrogens with one attached hydrogen (secondary N) is 1. The zero-order chi connectivity index (χ0) is 15.2. The summed E-state index contributed by atoms with van der Waals surface area (Å²) in [7, 11) is 0. The highest BCUT2D eigenvalue weighted by Gasteiger charge is 2.14. The number of rotatable bonds is 6. The van der Waals surface area contributed by atoms with Crippen molar-refractivity contribution in [3.8, 4) is 0 Å². The van der Waals surface area contributed by atoms with Gasteiger partial charge in [-0.1, -0.05) is 23.4 Å². The molecule has 1 aromatic heterocycles. The zero-order valence-electron chi connectivity index (χ0n) is 12.2. The molecule has 5 heteroatoms. The number of carbonyl (C=O) groups is 1. The summed E-state index contributed by atoms with van der Waals surface area (Å²) >= 11 is 1.64. The third-order valence-corrected chi connectivity index (χ3v) is 4.11. The second kappa shape index (κ2) is 7.13. The molecule has 0 radical (unpaired) electrons. The minimum absolute atomic E-state index is 0.0731. The van der Waals surface area contributed by atoms with Gasteiger partial charge >= 0.3 is 0 Å². The van der Waals surface area contributed by atoms with Crippen LogP contribution in [0.4, 0.5) is 5.69 Å². The monoisotopic (exact) mass is 302 g/mol. The van der Waals surface area contributed by atoms with Gasteiger partial charge in [0, 0.05) is 16.2 Å². The molecule has 0 aliphatic heterocycles. The molecule has 0 bridgehead atoms. The maximum Gasteiger partial charge on any atom is 0.229 e. The van der Waals surface area contributed by atoms with Crippen LogP contribution in [0, 0.1) is 13.8 Å². The van der Waals surface area contributed by atoms with E-state index in [0.717, 1.165) is 27.6 Å². The normalized spacial score (nSPS) is 10.4. The summed E-state index contributed by atoms with van der Waals surface area (Å²) in [5, 5.41) is 6.81. The molecular weight excluding hydrogens is 284 g/mol. The van der Waals surface area contributed by atoms with Crippen LogP contribution in [0.5, 0.6) is 0 Å². The van der Waals surface area contributed by atoms with E-state index in [2.05, 4.69) is 17.1 Å². The number of benzene rings is 1. The van der Waals surface area contributed by atoms with Crippen LogP contribution in [0.25, 0.3) is 0 Å². The summed E-state index contributed by atoms with van der Waals surface area (Å²) in [6.07, 6.45) is 2.11. The molecule has 1 aromatic carbocycles. The first-order valence-electron chi connectivity index (χ1n) is 6.66. The number of hydrogen-bond acceptors (Lipinski definition) is 4. The average Bonchev–Trinajstić information content (AvgIpc) is 2.78. The van der Waals surface area contributed by atoms with Crippen LogP contribution >= 0.6 is 11.8 Å². The standard InChI is InChI=1S/C16H18N2O2S/c1-4-9-21-15-8-6-5-7-14(15)17-16(19)10-13-11(2)18-20-12(13)3/h4-8H,1,9-10H2,2-3H3,(H,17,19). The molecule has 0 saturated carbocycles. The molecule has 1 amide bonds. The van der Waals surface area contributed by atoms with Crippen molar-refractivity contribution < 1.29 is 9.32 Å². The van der Waals surface area contributed by atoms with Gasteiger partial charge < -0.3 is 9.84 Å². The van der Waals surface area contributed by atoms with E-state index in [1.807, 2.05) is 44.2 Å². The molecule has 0 saturated heterocycles. The Balaban J connectivity index is 2.08. The van der Waals surface area contributed by atoms with Crippen molar-refractivity contribution in [1.82, 2.24) is 5.16 Å². The first kappa shape index (κ1) is 15.4. The third kappa shape index (κ3) is 3.98. The maximum atomic E-state index is 12.2. The van der Waals surface area contributed by atoms with Gasteiger partial charge in [-0.3, -0.25) is 4.79 Å². The average molecular weight is 302 g/mol. The highest BCUT2D eigenvalue weighted by atomic mass is 32.2. The zero-order valence-corrected chi connectivity index (χ0v) is 13.0. The van der Waals surface area contributed by atoms with E-state index < -0.39 is 0 Å². The number of hydrogen-bond donors (Lipinski definition) is 1. The molecule has 0 spiro atoms. The van der Waals surface area contributed by atoms with Crippen LogP contribution in [0.3, 0.4) is 0 Å². The van der Waals surface area contributed by atoms with Crippen LogP contribution in [-0.4, -0.2) is 16.8 Å². The van der Waals surface area contributed by atoms with Gasteiger partial charge in [0.05, 0.1) is 17.8 Å². The highest BCUT2D eigenvalue weighted by molar-refractivity contribution is 7.99. The van der Waals surface area contributed by atoms with E-state index >= 15 is 0 Å². The molecule has 21 heavy (non-hydrogen) atoms. The summed E-state index contributed by atoms with van der Waals surface area (Å²) in [5.41, 5.74) is 2.43. The van der Waals surface area contributed by atoms with E-state index in [0.29, 0.717) is 5.76 Å². The molecule has 0 fully saturated rings. The lowest BCUT2D eigenvalue weighted by atomic mass is 10.1. The number of aromatic nitrogens is 1. The SMILES string of the molecule is C=CCSc1ccccc1NC(=O)Cc1c(C)noc1C. The van der Waals surface area contributed by atoms with Gasteiger partial charge in [0.25, 0.3) is 0 Å². The van der Waals surface area contributed by atoms with Crippen LogP contribution < -0.4 is 5.32 Å². The predicted molar refractivity (Wildman–Crippen MR) is 85.7 cm³/mol. The Morgan fingerprint density at radius 1 is 1.43 bits per heavy atom. The summed E-state index contributed by atoms with van der Waals surface area (Å²) in [4.78, 5) is 13.2. The third-order valence-electron chi connectivity index (χ3n) is 3.04. The van der Waals surface area contributed by atoms with Crippen molar-refractivity contribution >= 4 is 23.4 Å². The van der Waals surface area contributed by atoms with Crippen LogP contribution in [-0.2, 0) is 11.2 Å². The quantitative estimate of drug-likeness (QED) is 0.652. The number of anilines is 1. The minimum atomic E-state index is -0.0731. The molecule has 1 N–H and O–H groups in total. The number of amides is 1. The fraction of sp³-hybridized carbons (Fsp3) is 0.250. The van der Waals surface area contributed by atoms with Crippen molar-refractivity contribution in [3.05, 3.63) is 53.9 Å². The lowest BCUT2D eigenvalue weighted by molar-refractivity contribution is -0.115. The fourth-order valence-electron chi connectivity index (χ4n) is 1.95. The van der Waals surface area contributed by atoms with Crippen molar-refractivity contribution in [3.63, 3.8) is 0 Å². The molecular formula is C16H18N2O2S. The first-order chi connectivity index (χ1) is 10.1. The van der Waals surface area contributed by atoms with Crippen LogP contribution in [0.2, 0.25) is 0 Å². The fourth-order valence-corrected chi connectivity index (χ4v) is 2.70. The van der Waals surface area contributed by atoms with E-state index in [1.165, 1.54) is 0 Å². The number of carbonyl (C=O) groups excluding carboxylic acids is 1. The van der Waals surface area contributed by atoms with Crippen molar-refractivity contribution in [1.29, 1.82) is 0 Å². The van der Waals surface area contributed by atoms with Gasteiger partial charge in [0.2, 0.25) is 5.91 Å². The molecule has 4 nitrogen and oxygen atoms in total. The van der Waals surface area contributed by atoms with Gasteiger partial charge in [-0.15, -0.1) is 18.3 Å². The van der Waals surface area contributed by atoms with Gasteiger partial charge in [0.1, 0.15) is 5.76 Å². The summed E-state index contributed by atoms with van der Waals surface area (Å²) < 4.78 is 5.08. The highest BCUT2D eigenvalue weighted by Crippen LogP contribution is 2.27. The molecule has 110 valence electrons. The topological polar surface area (TPSA) is 55.1 Å². The first-order valence-corrected chi connectivity index (χ1v) is 7.64. The lowest BCUT2D eigenvalue weighted by Crippen LogP contribution is -2.15. The van der Waals surface area contributed by atoms with Crippen molar-refractivity contribution in [2.24, 2.45) is 0 Å². The summed E-state index contributed by atoms with van der Waals surface area (Å²) in [6, 6.07) is 7.75. The second-order valence-electron chi connectivity index (χ2n) is 4.62. The number of thioether (sulfide) groups is 1. The van der Waals surface area contributed by atoms with E-state index in [9.17, 15) is 4.79 Å². The van der Waals surface area contributed by atoms with E-state index in [4.69, 9.17) is 4.52 Å². The molecule has 2 rings (SSSR count). The largest absolute Gasteiger partial charge is 0.361 e. The molecule has 0 aliphatic rings. The number of para-hydroxylation sites is 1. The Bertz CT molecular complexity index is 630.